The standard InChI is InChI=1S/C16H10ClNO/c17-16-7-11(5-6-13(16)10-19)15-9-18-8-12-3-1-2-4-14(12)15/h1-10H. The van der Waals surface area contributed by atoms with E-state index < -0.39 is 0 Å². The lowest BCUT2D eigenvalue weighted by molar-refractivity contribution is 0.112. The monoisotopic (exact) mass is 267 g/mol. The minimum absolute atomic E-state index is 0.459. The van der Waals surface area contributed by atoms with E-state index in [4.69, 9.17) is 11.6 Å². The van der Waals surface area contributed by atoms with Crippen LogP contribution in [0.5, 0.6) is 0 Å². The van der Waals surface area contributed by atoms with E-state index in [1.54, 1.807) is 12.1 Å². The molecule has 3 heteroatoms. The molecule has 0 amide bonds. The Kier molecular flexibility index (Phi) is 3.02. The van der Waals surface area contributed by atoms with Gasteiger partial charge in [-0.1, -0.05) is 41.9 Å². The van der Waals surface area contributed by atoms with Crippen LogP contribution in [0.25, 0.3) is 21.9 Å². The number of nitrogens with zero attached hydrogens (tertiary/aromatic N) is 1. The molecule has 0 fully saturated rings. The zero-order valence-corrected chi connectivity index (χ0v) is 10.8. The molecule has 19 heavy (non-hydrogen) atoms. The number of carbonyl (C=O) groups excluding carboxylic acids is 1. The molecule has 0 aliphatic heterocycles. The average Bonchev–Trinajstić information content (AvgIpc) is 2.46. The molecule has 0 saturated heterocycles. The Balaban J connectivity index is 2.24. The van der Waals surface area contributed by atoms with Crippen molar-refractivity contribution in [2.75, 3.05) is 0 Å². The maximum Gasteiger partial charge on any atom is 0.151 e. The van der Waals surface area contributed by atoms with E-state index in [0.717, 1.165) is 28.2 Å². The van der Waals surface area contributed by atoms with Crippen LogP contribution < -0.4 is 0 Å². The van der Waals surface area contributed by atoms with Crippen molar-refractivity contribution < 1.29 is 4.79 Å². The van der Waals surface area contributed by atoms with Gasteiger partial charge >= 0.3 is 0 Å². The fourth-order valence-corrected chi connectivity index (χ4v) is 2.36. The van der Waals surface area contributed by atoms with Gasteiger partial charge in [0.2, 0.25) is 0 Å². The molecule has 3 rings (SSSR count). The Morgan fingerprint density at radius 1 is 1.05 bits per heavy atom. The second-order valence-corrected chi connectivity index (χ2v) is 4.67. The maximum absolute atomic E-state index is 10.8. The molecule has 0 saturated carbocycles. The second-order valence-electron chi connectivity index (χ2n) is 4.26. The second kappa shape index (κ2) is 4.82. The lowest BCUT2D eigenvalue weighted by Crippen LogP contribution is -1.86. The van der Waals surface area contributed by atoms with Crippen LogP contribution in [0, 0.1) is 0 Å². The largest absolute Gasteiger partial charge is 0.298 e. The summed E-state index contributed by atoms with van der Waals surface area (Å²) in [5.41, 5.74) is 2.47. The van der Waals surface area contributed by atoms with E-state index in [-0.39, 0.29) is 0 Å². The molecule has 0 spiro atoms. The molecule has 92 valence electrons. The number of aromatic nitrogens is 1. The summed E-state index contributed by atoms with van der Waals surface area (Å²) >= 11 is 6.08. The zero-order valence-electron chi connectivity index (χ0n) is 10.0. The number of pyridine rings is 1. The minimum atomic E-state index is 0.459. The molecular weight excluding hydrogens is 258 g/mol. The number of benzene rings is 2. The molecule has 0 unspecified atom stereocenters. The van der Waals surface area contributed by atoms with Crippen LogP contribution in [0.3, 0.4) is 0 Å². The quantitative estimate of drug-likeness (QED) is 0.646. The SMILES string of the molecule is O=Cc1ccc(-c2cncc3ccccc23)cc1Cl. The Morgan fingerprint density at radius 2 is 1.89 bits per heavy atom. The first-order valence-electron chi connectivity index (χ1n) is 5.87. The summed E-state index contributed by atoms with van der Waals surface area (Å²) in [4.78, 5) is 15.0. The lowest BCUT2D eigenvalue weighted by atomic mass is 10.0. The van der Waals surface area contributed by atoms with Gasteiger partial charge in [0.1, 0.15) is 0 Å². The highest BCUT2D eigenvalue weighted by molar-refractivity contribution is 6.33. The van der Waals surface area contributed by atoms with Gasteiger partial charge in [-0.2, -0.15) is 0 Å². The fraction of sp³-hybridized carbons (Fsp3) is 0. The first kappa shape index (κ1) is 11.9. The van der Waals surface area contributed by atoms with Gasteiger partial charge in [0, 0.05) is 28.9 Å². The van der Waals surface area contributed by atoms with E-state index in [2.05, 4.69) is 4.98 Å². The van der Waals surface area contributed by atoms with E-state index in [0.29, 0.717) is 10.6 Å². The van der Waals surface area contributed by atoms with Crippen LogP contribution >= 0.6 is 11.6 Å². The molecule has 0 bridgehead atoms. The van der Waals surface area contributed by atoms with Crippen LogP contribution in [0.15, 0.2) is 54.9 Å². The molecule has 0 N–H and O–H groups in total. The summed E-state index contributed by atoms with van der Waals surface area (Å²) in [5.74, 6) is 0. The highest BCUT2D eigenvalue weighted by atomic mass is 35.5. The van der Waals surface area contributed by atoms with Gasteiger partial charge in [0.05, 0.1) is 5.02 Å². The van der Waals surface area contributed by atoms with Gasteiger partial charge in [-0.25, -0.2) is 0 Å². The summed E-state index contributed by atoms with van der Waals surface area (Å²) < 4.78 is 0. The van der Waals surface area contributed by atoms with Crippen LogP contribution in [-0.2, 0) is 0 Å². The molecule has 1 heterocycles. The summed E-state index contributed by atoms with van der Waals surface area (Å²) in [6.45, 7) is 0. The molecule has 0 radical (unpaired) electrons. The number of hydrogen-bond acceptors (Lipinski definition) is 2. The predicted octanol–water partition coefficient (Wildman–Crippen LogP) is 4.37. The topological polar surface area (TPSA) is 30.0 Å². The Labute approximate surface area is 115 Å². The molecule has 2 nitrogen and oxygen atoms in total. The number of rotatable bonds is 2. The fourth-order valence-electron chi connectivity index (χ4n) is 2.14. The first-order valence-corrected chi connectivity index (χ1v) is 6.25. The van der Waals surface area contributed by atoms with Crippen LogP contribution in [0.2, 0.25) is 5.02 Å². The van der Waals surface area contributed by atoms with Crippen molar-refractivity contribution in [2.24, 2.45) is 0 Å². The number of hydrogen-bond donors (Lipinski definition) is 0. The summed E-state index contributed by atoms with van der Waals surface area (Å²) in [5, 5.41) is 2.66. The average molecular weight is 268 g/mol. The molecule has 0 aliphatic carbocycles. The number of halogens is 1. The van der Waals surface area contributed by atoms with E-state index in [1.807, 2.05) is 42.7 Å². The molecular formula is C16H10ClNO. The van der Waals surface area contributed by atoms with Gasteiger partial charge < -0.3 is 0 Å². The minimum Gasteiger partial charge on any atom is -0.298 e. The maximum atomic E-state index is 10.8. The third kappa shape index (κ3) is 2.11. The summed E-state index contributed by atoms with van der Waals surface area (Å²) in [6, 6.07) is 13.5. The van der Waals surface area contributed by atoms with Crippen molar-refractivity contribution in [3.63, 3.8) is 0 Å². The summed E-state index contributed by atoms with van der Waals surface area (Å²) in [7, 11) is 0. The van der Waals surface area contributed by atoms with Gasteiger partial charge in [0.25, 0.3) is 0 Å². The van der Waals surface area contributed by atoms with Crippen LogP contribution in [-0.4, -0.2) is 11.3 Å². The number of carbonyl (C=O) groups is 1. The highest BCUT2D eigenvalue weighted by Crippen LogP contribution is 2.30. The van der Waals surface area contributed by atoms with E-state index in [1.165, 1.54) is 0 Å². The van der Waals surface area contributed by atoms with Crippen molar-refractivity contribution in [1.29, 1.82) is 0 Å². The normalized spacial score (nSPS) is 10.6. The lowest BCUT2D eigenvalue weighted by Gasteiger charge is -2.07. The Morgan fingerprint density at radius 3 is 2.68 bits per heavy atom. The Hall–Kier alpha value is -2.19. The van der Waals surface area contributed by atoms with E-state index in [9.17, 15) is 4.79 Å². The van der Waals surface area contributed by atoms with Crippen molar-refractivity contribution in [2.45, 2.75) is 0 Å². The van der Waals surface area contributed by atoms with Crippen molar-refractivity contribution in [3.8, 4) is 11.1 Å². The van der Waals surface area contributed by atoms with Crippen molar-refractivity contribution in [1.82, 2.24) is 4.98 Å². The smallest absolute Gasteiger partial charge is 0.151 e. The van der Waals surface area contributed by atoms with Gasteiger partial charge in [0.15, 0.2) is 6.29 Å². The van der Waals surface area contributed by atoms with Gasteiger partial charge in [-0.15, -0.1) is 0 Å². The first-order chi connectivity index (χ1) is 9.29. The van der Waals surface area contributed by atoms with Crippen LogP contribution in [0.4, 0.5) is 0 Å². The number of fused-ring (bicyclic) bond motifs is 1. The highest BCUT2D eigenvalue weighted by Gasteiger charge is 2.06. The van der Waals surface area contributed by atoms with Gasteiger partial charge in [-0.05, 0) is 23.1 Å². The molecule has 0 atom stereocenters. The Bertz CT molecular complexity index is 762. The third-order valence-electron chi connectivity index (χ3n) is 3.11. The summed E-state index contributed by atoms with van der Waals surface area (Å²) in [6.07, 6.45) is 4.41. The van der Waals surface area contributed by atoms with Gasteiger partial charge in [-0.3, -0.25) is 9.78 Å². The zero-order chi connectivity index (χ0) is 13.2. The predicted molar refractivity (Wildman–Crippen MR) is 77.6 cm³/mol. The molecule has 2 aromatic carbocycles. The van der Waals surface area contributed by atoms with E-state index >= 15 is 0 Å². The molecule has 0 aliphatic rings. The number of aldehydes is 1. The third-order valence-corrected chi connectivity index (χ3v) is 3.43. The molecule has 3 aromatic rings. The van der Waals surface area contributed by atoms with Crippen LogP contribution in [0.1, 0.15) is 10.4 Å². The molecule has 1 aromatic heterocycles. The van der Waals surface area contributed by atoms with Crippen molar-refractivity contribution in [3.05, 3.63) is 65.4 Å². The van der Waals surface area contributed by atoms with Crippen molar-refractivity contribution >= 4 is 28.7 Å².